The van der Waals surface area contributed by atoms with Crippen molar-refractivity contribution in [1.82, 2.24) is 14.9 Å². The molecule has 1 fully saturated rings. The van der Waals surface area contributed by atoms with Gasteiger partial charge < -0.3 is 15.0 Å². The Morgan fingerprint density at radius 2 is 2.00 bits per heavy atom. The van der Waals surface area contributed by atoms with Crippen molar-refractivity contribution in [3.05, 3.63) is 59.3 Å². The summed E-state index contributed by atoms with van der Waals surface area (Å²) in [5.41, 5.74) is 4.59. The van der Waals surface area contributed by atoms with Crippen LogP contribution in [0.15, 0.2) is 63.7 Å². The van der Waals surface area contributed by atoms with Gasteiger partial charge in [0.2, 0.25) is 0 Å². The molecule has 1 unspecified atom stereocenters. The van der Waals surface area contributed by atoms with Crippen LogP contribution in [0.5, 0.6) is 0 Å². The standard InChI is InChI=1S/C27H30N6O2/c1-17-6-13-23-26-24(32(2)14-15-35-26)16-28-33(23)27(29-17)22-12-7-18-4-3-5-21(25(18)31-22)30-19-8-10-20(34)11-9-19/h3-5,7,12-13,16-17,19,30H,6,8-11,14-15H2,1-2H3. The minimum absolute atomic E-state index is 0.0920. The van der Waals surface area contributed by atoms with Gasteiger partial charge >= 0.3 is 0 Å². The first-order chi connectivity index (χ1) is 17.1. The summed E-state index contributed by atoms with van der Waals surface area (Å²) in [6.45, 7) is 3.60. The number of rotatable bonds is 3. The average Bonchev–Trinajstić information content (AvgIpc) is 3.04. The van der Waals surface area contributed by atoms with Crippen LogP contribution in [0.4, 0.5) is 5.69 Å². The van der Waals surface area contributed by atoms with Gasteiger partial charge in [-0.15, -0.1) is 0 Å². The number of carbonyl (C=O) groups is 1. The summed E-state index contributed by atoms with van der Waals surface area (Å²) in [4.78, 5) is 24.0. The molecule has 180 valence electrons. The van der Waals surface area contributed by atoms with Crippen molar-refractivity contribution in [2.75, 3.05) is 25.5 Å². The highest BCUT2D eigenvalue weighted by atomic mass is 16.5. The number of ketones is 1. The molecule has 1 aromatic heterocycles. The predicted octanol–water partition coefficient (Wildman–Crippen LogP) is 4.06. The van der Waals surface area contributed by atoms with E-state index in [1.807, 2.05) is 23.4 Å². The van der Waals surface area contributed by atoms with Crippen LogP contribution in [0.25, 0.3) is 10.9 Å². The zero-order valence-electron chi connectivity index (χ0n) is 20.2. The second-order valence-corrected chi connectivity index (χ2v) is 9.70. The van der Waals surface area contributed by atoms with Gasteiger partial charge in [-0.1, -0.05) is 24.3 Å². The van der Waals surface area contributed by atoms with Crippen molar-refractivity contribution in [1.29, 1.82) is 0 Å². The summed E-state index contributed by atoms with van der Waals surface area (Å²) >= 11 is 0. The van der Waals surface area contributed by atoms with Crippen molar-refractivity contribution in [3.8, 4) is 0 Å². The zero-order chi connectivity index (χ0) is 23.9. The topological polar surface area (TPSA) is 82.4 Å². The SMILES string of the molecule is CC1CC=C2C3=C(C=NN2C(c2ccc4cccc(NC5CCC(=O)CC5)c4n2)=N1)N(C)CCO3. The number of hydrogen-bond acceptors (Lipinski definition) is 8. The first-order valence-corrected chi connectivity index (χ1v) is 12.5. The molecule has 8 nitrogen and oxygen atoms in total. The van der Waals surface area contributed by atoms with Gasteiger partial charge in [0.25, 0.3) is 0 Å². The Balaban J connectivity index is 1.38. The normalized spacial score (nSPS) is 22.8. The average molecular weight is 471 g/mol. The number of amidine groups is 1. The number of pyridine rings is 1. The molecule has 0 spiro atoms. The van der Waals surface area contributed by atoms with Crippen molar-refractivity contribution in [3.63, 3.8) is 0 Å². The molecule has 3 aliphatic heterocycles. The summed E-state index contributed by atoms with van der Waals surface area (Å²) < 4.78 is 6.11. The molecule has 1 atom stereocenters. The van der Waals surface area contributed by atoms with Crippen LogP contribution in [0, 0.1) is 0 Å². The van der Waals surface area contributed by atoms with Crippen molar-refractivity contribution in [2.24, 2.45) is 10.1 Å². The Bertz CT molecular complexity index is 1300. The van der Waals surface area contributed by atoms with Crippen LogP contribution in [0.3, 0.4) is 0 Å². The van der Waals surface area contributed by atoms with Gasteiger partial charge in [0.1, 0.15) is 29.5 Å². The number of fused-ring (bicyclic) bond motifs is 3. The van der Waals surface area contributed by atoms with E-state index >= 15 is 0 Å². The molecule has 4 aliphatic rings. The number of aliphatic imine (C=N–C) groups is 1. The Morgan fingerprint density at radius 3 is 2.86 bits per heavy atom. The molecule has 0 saturated heterocycles. The third kappa shape index (κ3) is 4.07. The molecule has 1 saturated carbocycles. The van der Waals surface area contributed by atoms with Crippen molar-refractivity contribution in [2.45, 2.75) is 51.1 Å². The lowest BCUT2D eigenvalue weighted by atomic mass is 9.94. The Kier molecular flexibility index (Phi) is 5.51. The predicted molar refractivity (Wildman–Crippen MR) is 137 cm³/mol. The van der Waals surface area contributed by atoms with E-state index in [-0.39, 0.29) is 12.1 Å². The Labute approximate surface area is 205 Å². The van der Waals surface area contributed by atoms with E-state index < -0.39 is 0 Å². The molecular formula is C27H30N6O2. The van der Waals surface area contributed by atoms with Crippen LogP contribution in [0.1, 0.15) is 44.7 Å². The number of para-hydroxylation sites is 1. The molecular weight excluding hydrogens is 440 g/mol. The van der Waals surface area contributed by atoms with Gasteiger partial charge in [0.05, 0.1) is 30.0 Å². The highest BCUT2D eigenvalue weighted by molar-refractivity contribution is 6.03. The molecule has 1 aliphatic carbocycles. The molecule has 0 bridgehead atoms. The van der Waals surface area contributed by atoms with Crippen molar-refractivity contribution >= 4 is 34.4 Å². The molecule has 35 heavy (non-hydrogen) atoms. The fourth-order valence-corrected chi connectivity index (χ4v) is 5.10. The lowest BCUT2D eigenvalue weighted by molar-refractivity contribution is -0.120. The second kappa shape index (κ2) is 8.83. The van der Waals surface area contributed by atoms with E-state index in [0.29, 0.717) is 25.2 Å². The van der Waals surface area contributed by atoms with E-state index in [1.54, 1.807) is 0 Å². The minimum Gasteiger partial charge on any atom is -0.487 e. The van der Waals surface area contributed by atoms with Gasteiger partial charge in [0.15, 0.2) is 11.6 Å². The summed E-state index contributed by atoms with van der Waals surface area (Å²) in [5.74, 6) is 1.94. The lowest BCUT2D eigenvalue weighted by Crippen LogP contribution is -2.38. The number of allylic oxidation sites excluding steroid dienone is 1. The number of aromatic nitrogens is 1. The molecule has 1 aromatic carbocycles. The van der Waals surface area contributed by atoms with Crippen molar-refractivity contribution < 1.29 is 9.53 Å². The lowest BCUT2D eigenvalue weighted by Gasteiger charge is -2.35. The third-order valence-electron chi connectivity index (χ3n) is 7.12. The van der Waals surface area contributed by atoms with Gasteiger partial charge in [-0.05, 0) is 38.3 Å². The zero-order valence-corrected chi connectivity index (χ0v) is 20.2. The number of hydrazone groups is 1. The van der Waals surface area contributed by atoms with Crippen LogP contribution < -0.4 is 5.32 Å². The largest absolute Gasteiger partial charge is 0.487 e. The maximum absolute atomic E-state index is 11.7. The highest BCUT2D eigenvalue weighted by Gasteiger charge is 2.33. The molecule has 0 amide bonds. The number of hydrogen-bond donors (Lipinski definition) is 1. The van der Waals surface area contributed by atoms with Crippen LogP contribution in [-0.4, -0.2) is 65.0 Å². The van der Waals surface area contributed by atoms with Crippen LogP contribution in [-0.2, 0) is 9.53 Å². The number of nitrogens with zero attached hydrogens (tertiary/aromatic N) is 5. The van der Waals surface area contributed by atoms with E-state index in [0.717, 1.165) is 71.1 Å². The molecule has 8 heteroatoms. The smallest absolute Gasteiger partial charge is 0.175 e. The van der Waals surface area contributed by atoms with E-state index in [4.69, 9.17) is 19.8 Å². The second-order valence-electron chi connectivity index (χ2n) is 9.70. The quantitative estimate of drug-likeness (QED) is 0.729. The Hall–Kier alpha value is -3.68. The first-order valence-electron chi connectivity index (χ1n) is 12.5. The number of nitrogens with one attached hydrogen (secondary N) is 1. The number of carbonyl (C=O) groups excluding carboxylic acids is 1. The number of likely N-dealkylation sites (N-methyl/N-ethyl adjacent to an activating group) is 1. The first kappa shape index (κ1) is 21.8. The number of ether oxygens (including phenoxy) is 1. The van der Waals surface area contributed by atoms with E-state index in [1.165, 1.54) is 0 Å². The summed E-state index contributed by atoms with van der Waals surface area (Å²) in [5, 5.41) is 11.4. The molecule has 1 N–H and O–H groups in total. The Morgan fingerprint density at radius 1 is 1.14 bits per heavy atom. The summed E-state index contributed by atoms with van der Waals surface area (Å²) in [6, 6.07) is 10.7. The van der Waals surface area contributed by atoms with Gasteiger partial charge in [-0.3, -0.25) is 9.79 Å². The highest BCUT2D eigenvalue weighted by Crippen LogP contribution is 2.33. The maximum atomic E-state index is 11.7. The van der Waals surface area contributed by atoms with Crippen LogP contribution in [0.2, 0.25) is 0 Å². The monoisotopic (exact) mass is 470 g/mol. The summed E-state index contributed by atoms with van der Waals surface area (Å²) in [7, 11) is 2.07. The third-order valence-corrected chi connectivity index (χ3v) is 7.12. The van der Waals surface area contributed by atoms with Crippen LogP contribution >= 0.6 is 0 Å². The number of anilines is 1. The molecule has 4 heterocycles. The minimum atomic E-state index is 0.0920. The fraction of sp³-hybridized carbons (Fsp3) is 0.407. The van der Waals surface area contributed by atoms with E-state index in [9.17, 15) is 4.79 Å². The maximum Gasteiger partial charge on any atom is 0.175 e. The van der Waals surface area contributed by atoms with Gasteiger partial charge in [0, 0.05) is 31.3 Å². The molecule has 0 radical (unpaired) electrons. The number of Topliss-reactive ketones (excluding diaryl/α,β-unsaturated/α-hetero) is 1. The fourth-order valence-electron chi connectivity index (χ4n) is 5.10. The van der Waals surface area contributed by atoms with Gasteiger partial charge in [-0.2, -0.15) is 5.10 Å². The molecule has 2 aromatic rings. The number of benzene rings is 1. The summed E-state index contributed by atoms with van der Waals surface area (Å²) in [6.07, 6.45) is 7.85. The van der Waals surface area contributed by atoms with Gasteiger partial charge in [-0.25, -0.2) is 9.99 Å². The molecule has 6 rings (SSSR count). The van der Waals surface area contributed by atoms with E-state index in [2.05, 4.69) is 48.5 Å².